The Labute approximate surface area is 123 Å². The van der Waals surface area contributed by atoms with E-state index in [0.717, 1.165) is 38.8 Å². The van der Waals surface area contributed by atoms with Gasteiger partial charge in [0.2, 0.25) is 5.91 Å². The topological polar surface area (TPSA) is 90.4 Å². The molecule has 1 aromatic rings. The van der Waals surface area contributed by atoms with E-state index in [1.165, 1.54) is 16.9 Å². The summed E-state index contributed by atoms with van der Waals surface area (Å²) in [5, 5.41) is 3.99. The fraction of sp³-hybridized carbons (Fsp3) is 0.643. The van der Waals surface area contributed by atoms with Crippen molar-refractivity contribution in [3.05, 3.63) is 22.6 Å². The van der Waals surface area contributed by atoms with Crippen molar-refractivity contribution in [3.63, 3.8) is 0 Å². The molecule has 0 aliphatic carbocycles. The van der Waals surface area contributed by atoms with Crippen LogP contribution in [0.4, 0.5) is 0 Å². The second-order valence-corrected chi connectivity index (χ2v) is 5.12. The van der Waals surface area contributed by atoms with Gasteiger partial charge in [0, 0.05) is 19.2 Å². The Morgan fingerprint density at radius 1 is 1.33 bits per heavy atom. The monoisotopic (exact) mass is 294 g/mol. The van der Waals surface area contributed by atoms with Crippen LogP contribution in [0.5, 0.6) is 5.75 Å². The molecule has 1 saturated heterocycles. The number of carbonyl (C=O) groups excluding carboxylic acids is 1. The highest BCUT2D eigenvalue weighted by Gasteiger charge is 2.17. The summed E-state index contributed by atoms with van der Waals surface area (Å²) in [5.41, 5.74) is 5.04. The molecular weight excluding hydrogens is 272 g/mol. The Morgan fingerprint density at radius 2 is 2.10 bits per heavy atom. The molecule has 116 valence electrons. The molecular formula is C14H22N4O3. The lowest BCUT2D eigenvalue weighted by Gasteiger charge is -2.26. The van der Waals surface area contributed by atoms with Crippen molar-refractivity contribution in [2.24, 2.45) is 5.73 Å². The molecule has 2 N–H and O–H groups in total. The maximum Gasteiger partial charge on any atom is 0.270 e. The smallest absolute Gasteiger partial charge is 0.270 e. The second kappa shape index (κ2) is 7.78. The van der Waals surface area contributed by atoms with Gasteiger partial charge in [0.1, 0.15) is 12.3 Å². The predicted octanol–water partition coefficient (Wildman–Crippen LogP) is -0.0166. The molecule has 7 heteroatoms. The molecule has 0 radical (unpaired) electrons. The first-order valence-electron chi connectivity index (χ1n) is 7.38. The van der Waals surface area contributed by atoms with E-state index in [2.05, 4.69) is 5.10 Å². The predicted molar refractivity (Wildman–Crippen MR) is 78.1 cm³/mol. The number of carbonyl (C=O) groups is 1. The first kappa shape index (κ1) is 15.5. The molecule has 21 heavy (non-hydrogen) atoms. The summed E-state index contributed by atoms with van der Waals surface area (Å²) in [4.78, 5) is 25.8. The van der Waals surface area contributed by atoms with E-state index in [1.54, 1.807) is 4.90 Å². The number of nitrogens with two attached hydrogens (primary N) is 1. The van der Waals surface area contributed by atoms with Crippen LogP contribution in [0.15, 0.2) is 17.1 Å². The Balaban J connectivity index is 1.93. The van der Waals surface area contributed by atoms with Gasteiger partial charge >= 0.3 is 0 Å². The Kier molecular flexibility index (Phi) is 5.74. The lowest BCUT2D eigenvalue weighted by Crippen LogP contribution is -2.40. The van der Waals surface area contributed by atoms with Gasteiger partial charge < -0.3 is 15.4 Å². The fourth-order valence-corrected chi connectivity index (χ4v) is 2.26. The van der Waals surface area contributed by atoms with E-state index in [0.29, 0.717) is 18.9 Å². The number of hydrogen-bond donors (Lipinski definition) is 1. The van der Waals surface area contributed by atoms with Gasteiger partial charge in [-0.15, -0.1) is 0 Å². The van der Waals surface area contributed by atoms with E-state index in [9.17, 15) is 9.59 Å². The summed E-state index contributed by atoms with van der Waals surface area (Å²) in [6.07, 6.45) is 5.40. The van der Waals surface area contributed by atoms with Crippen molar-refractivity contribution in [1.29, 1.82) is 0 Å². The molecule has 2 rings (SSSR count). The van der Waals surface area contributed by atoms with Crippen LogP contribution in [0, 0.1) is 0 Å². The molecule has 0 bridgehead atoms. The molecule has 0 unspecified atom stereocenters. The second-order valence-electron chi connectivity index (χ2n) is 5.12. The molecule has 1 aliphatic heterocycles. The minimum Gasteiger partial charge on any atom is -0.492 e. The number of likely N-dealkylation sites (tertiary alicyclic amines) is 1. The van der Waals surface area contributed by atoms with Gasteiger partial charge in [-0.25, -0.2) is 4.68 Å². The number of rotatable bonds is 6. The fourth-order valence-electron chi connectivity index (χ4n) is 2.26. The van der Waals surface area contributed by atoms with Crippen LogP contribution in [-0.2, 0) is 11.3 Å². The summed E-state index contributed by atoms with van der Waals surface area (Å²) in [6.45, 7) is 2.52. The number of piperidine rings is 1. The zero-order valence-corrected chi connectivity index (χ0v) is 12.2. The zero-order chi connectivity index (χ0) is 15.1. The Hall–Kier alpha value is -1.89. The molecule has 1 aromatic heterocycles. The summed E-state index contributed by atoms with van der Waals surface area (Å²) in [6, 6.07) is 1.35. The van der Waals surface area contributed by atoms with Crippen molar-refractivity contribution in [2.45, 2.75) is 32.2 Å². The third kappa shape index (κ3) is 4.56. The number of hydrogen-bond acceptors (Lipinski definition) is 5. The molecule has 0 saturated carbocycles. The van der Waals surface area contributed by atoms with Gasteiger partial charge in [0.25, 0.3) is 5.56 Å². The van der Waals surface area contributed by atoms with Crippen LogP contribution in [0.2, 0.25) is 0 Å². The van der Waals surface area contributed by atoms with Gasteiger partial charge in [-0.1, -0.05) is 0 Å². The van der Waals surface area contributed by atoms with E-state index >= 15 is 0 Å². The Morgan fingerprint density at radius 3 is 2.76 bits per heavy atom. The molecule has 1 fully saturated rings. The van der Waals surface area contributed by atoms with Gasteiger partial charge in [0.15, 0.2) is 0 Å². The molecule has 0 spiro atoms. The third-order valence-corrected chi connectivity index (χ3v) is 3.46. The van der Waals surface area contributed by atoms with Crippen molar-refractivity contribution >= 4 is 5.91 Å². The standard InChI is InChI=1S/C14H22N4O3/c15-5-4-8-21-12-9-13(19)18(16-10-12)11-14(20)17-6-2-1-3-7-17/h9-10H,1-8,11,15H2. The van der Waals surface area contributed by atoms with E-state index in [4.69, 9.17) is 10.5 Å². The maximum absolute atomic E-state index is 12.1. The highest BCUT2D eigenvalue weighted by atomic mass is 16.5. The van der Waals surface area contributed by atoms with Gasteiger partial charge in [-0.3, -0.25) is 9.59 Å². The summed E-state index contributed by atoms with van der Waals surface area (Å²) >= 11 is 0. The van der Waals surface area contributed by atoms with Crippen molar-refractivity contribution in [2.75, 3.05) is 26.2 Å². The van der Waals surface area contributed by atoms with Gasteiger partial charge in [0.05, 0.1) is 12.8 Å². The normalized spacial score (nSPS) is 15.0. The van der Waals surface area contributed by atoms with E-state index in [1.807, 2.05) is 0 Å². The molecule has 2 heterocycles. The minimum atomic E-state index is -0.328. The summed E-state index contributed by atoms with van der Waals surface area (Å²) in [5.74, 6) is 0.358. The quantitative estimate of drug-likeness (QED) is 0.745. The maximum atomic E-state index is 12.1. The minimum absolute atomic E-state index is 0.0120. The average Bonchev–Trinajstić information content (AvgIpc) is 2.51. The molecule has 1 amide bonds. The van der Waals surface area contributed by atoms with Crippen LogP contribution >= 0.6 is 0 Å². The number of nitrogens with zero attached hydrogens (tertiary/aromatic N) is 3. The van der Waals surface area contributed by atoms with Gasteiger partial charge in [-0.2, -0.15) is 5.10 Å². The first-order valence-corrected chi connectivity index (χ1v) is 7.38. The highest BCUT2D eigenvalue weighted by molar-refractivity contribution is 5.75. The van der Waals surface area contributed by atoms with Crippen LogP contribution in [0.3, 0.4) is 0 Å². The van der Waals surface area contributed by atoms with Gasteiger partial charge in [-0.05, 0) is 32.2 Å². The van der Waals surface area contributed by atoms with E-state index in [-0.39, 0.29) is 18.0 Å². The molecule has 0 aromatic carbocycles. The summed E-state index contributed by atoms with van der Waals surface area (Å²) in [7, 11) is 0. The van der Waals surface area contributed by atoms with Crippen molar-refractivity contribution in [1.82, 2.24) is 14.7 Å². The first-order chi connectivity index (χ1) is 10.2. The molecule has 0 atom stereocenters. The van der Waals surface area contributed by atoms with Crippen molar-refractivity contribution in [3.8, 4) is 5.75 Å². The summed E-state index contributed by atoms with van der Waals surface area (Å²) < 4.78 is 6.53. The van der Waals surface area contributed by atoms with E-state index < -0.39 is 0 Å². The lowest BCUT2D eigenvalue weighted by molar-refractivity contribution is -0.133. The molecule has 1 aliphatic rings. The van der Waals surface area contributed by atoms with Crippen LogP contribution in [0.25, 0.3) is 0 Å². The zero-order valence-electron chi connectivity index (χ0n) is 12.2. The number of amides is 1. The van der Waals surface area contributed by atoms with Crippen LogP contribution in [-0.4, -0.2) is 46.8 Å². The lowest BCUT2D eigenvalue weighted by atomic mass is 10.1. The number of ether oxygens (including phenoxy) is 1. The third-order valence-electron chi connectivity index (χ3n) is 3.46. The average molecular weight is 294 g/mol. The van der Waals surface area contributed by atoms with Crippen molar-refractivity contribution < 1.29 is 9.53 Å². The highest BCUT2D eigenvalue weighted by Crippen LogP contribution is 2.09. The SMILES string of the molecule is NCCCOc1cnn(CC(=O)N2CCCCC2)c(=O)c1. The van der Waals surface area contributed by atoms with Crippen LogP contribution < -0.4 is 16.0 Å². The molecule has 7 nitrogen and oxygen atoms in total. The largest absolute Gasteiger partial charge is 0.492 e. The number of aromatic nitrogens is 2. The Bertz CT molecular complexity index is 523. The van der Waals surface area contributed by atoms with Crippen LogP contribution in [0.1, 0.15) is 25.7 Å².